The number of aromatic hydroxyl groups is 1. The summed E-state index contributed by atoms with van der Waals surface area (Å²) in [6, 6.07) is 17.2. The number of aromatic amines is 1. The van der Waals surface area contributed by atoms with Crippen LogP contribution in [0.3, 0.4) is 0 Å². The summed E-state index contributed by atoms with van der Waals surface area (Å²) in [6.45, 7) is 1.00. The van der Waals surface area contributed by atoms with Crippen LogP contribution in [-0.2, 0) is 11.3 Å². The molecule has 30 heavy (non-hydrogen) atoms. The first kappa shape index (κ1) is 19.0. The molecule has 1 aromatic heterocycles. The van der Waals surface area contributed by atoms with Gasteiger partial charge in [0.15, 0.2) is 0 Å². The van der Waals surface area contributed by atoms with E-state index in [-0.39, 0.29) is 17.6 Å². The van der Waals surface area contributed by atoms with Crippen molar-refractivity contribution in [1.82, 2.24) is 4.98 Å². The first-order valence-electron chi connectivity index (χ1n) is 9.83. The molecular weight excluding hydrogens is 400 g/mol. The third-order valence-electron chi connectivity index (χ3n) is 5.80. The van der Waals surface area contributed by atoms with Gasteiger partial charge in [-0.15, -0.1) is 11.6 Å². The van der Waals surface area contributed by atoms with Gasteiger partial charge in [0, 0.05) is 47.8 Å². The highest BCUT2D eigenvalue weighted by atomic mass is 35.5. The molecule has 0 saturated heterocycles. The molecule has 1 atom stereocenters. The van der Waals surface area contributed by atoms with Gasteiger partial charge in [0.05, 0.1) is 12.3 Å². The zero-order valence-corrected chi connectivity index (χ0v) is 17.2. The number of nitrogens with zero attached hydrogens (tertiary/aromatic N) is 1. The molecular formula is C24H21ClN2O3. The van der Waals surface area contributed by atoms with Gasteiger partial charge in [0.2, 0.25) is 0 Å². The molecule has 0 fully saturated rings. The monoisotopic (exact) mass is 420 g/mol. The number of carbonyl (C=O) groups excluding carboxylic acids is 1. The summed E-state index contributed by atoms with van der Waals surface area (Å²) >= 11 is 6.28. The largest absolute Gasteiger partial charge is 0.507 e. The summed E-state index contributed by atoms with van der Waals surface area (Å²) in [5.74, 6) is 0.439. The molecule has 2 N–H and O–H groups in total. The molecule has 0 saturated carbocycles. The second-order valence-electron chi connectivity index (χ2n) is 7.68. The zero-order valence-electron chi connectivity index (χ0n) is 16.5. The first-order valence-corrected chi connectivity index (χ1v) is 10.4. The van der Waals surface area contributed by atoms with Gasteiger partial charge in [-0.05, 0) is 34.7 Å². The number of methoxy groups -OCH3 is 1. The summed E-state index contributed by atoms with van der Waals surface area (Å²) in [5, 5.41) is 13.2. The maximum absolute atomic E-state index is 13.4. The number of phenols is 1. The van der Waals surface area contributed by atoms with Gasteiger partial charge in [0.1, 0.15) is 11.4 Å². The van der Waals surface area contributed by atoms with Crippen LogP contribution in [0.2, 0.25) is 0 Å². The van der Waals surface area contributed by atoms with E-state index in [1.54, 1.807) is 18.1 Å². The van der Waals surface area contributed by atoms with Gasteiger partial charge >= 0.3 is 0 Å². The summed E-state index contributed by atoms with van der Waals surface area (Å²) in [6.07, 6.45) is 0. The maximum Gasteiger partial charge on any atom is 0.274 e. The summed E-state index contributed by atoms with van der Waals surface area (Å²) in [7, 11) is 1.66. The Morgan fingerprint density at radius 1 is 1.20 bits per heavy atom. The lowest BCUT2D eigenvalue weighted by molar-refractivity contribution is 0.0984. The Kier molecular flexibility index (Phi) is 4.65. The highest BCUT2D eigenvalue weighted by Gasteiger charge is 2.35. The standard InChI is InChI=1S/C24H21ClN2O3/c1-30-13-14-6-7-19-15(8-14)9-20(26-19)24(29)27-12-16(11-25)23-18-5-3-2-4-17(18)22(28)10-21(23)27/h2-10,16,26,28H,11-13H2,1H3. The van der Waals surface area contributed by atoms with Crippen molar-refractivity contribution in [2.75, 3.05) is 24.4 Å². The van der Waals surface area contributed by atoms with Crippen molar-refractivity contribution in [2.45, 2.75) is 12.5 Å². The quantitative estimate of drug-likeness (QED) is 0.448. The number of amides is 1. The van der Waals surface area contributed by atoms with Crippen LogP contribution < -0.4 is 4.90 Å². The topological polar surface area (TPSA) is 65.6 Å². The number of ether oxygens (including phenoxy) is 1. The SMILES string of the molecule is COCc1ccc2[nH]c(C(=O)N3CC(CCl)c4c3cc(O)c3ccccc43)cc2c1. The molecule has 1 unspecified atom stereocenters. The Bertz CT molecular complexity index is 1280. The van der Waals surface area contributed by atoms with Gasteiger partial charge in [-0.3, -0.25) is 4.79 Å². The molecule has 0 aliphatic carbocycles. The lowest BCUT2D eigenvalue weighted by Crippen LogP contribution is -2.30. The molecule has 0 bridgehead atoms. The molecule has 2 heterocycles. The molecule has 1 aliphatic rings. The van der Waals surface area contributed by atoms with Crippen molar-refractivity contribution in [3.8, 4) is 5.75 Å². The first-order chi connectivity index (χ1) is 14.6. The van der Waals surface area contributed by atoms with E-state index < -0.39 is 0 Å². The van der Waals surface area contributed by atoms with Crippen molar-refractivity contribution in [3.63, 3.8) is 0 Å². The predicted octanol–water partition coefficient (Wildman–Crippen LogP) is 5.16. The average Bonchev–Trinajstić information content (AvgIpc) is 3.35. The van der Waals surface area contributed by atoms with E-state index in [1.807, 2.05) is 48.5 Å². The van der Waals surface area contributed by atoms with Crippen molar-refractivity contribution in [2.24, 2.45) is 0 Å². The molecule has 152 valence electrons. The van der Waals surface area contributed by atoms with Crippen molar-refractivity contribution in [1.29, 1.82) is 0 Å². The molecule has 1 aliphatic heterocycles. The number of benzene rings is 3. The number of carbonyl (C=O) groups is 1. The fourth-order valence-electron chi connectivity index (χ4n) is 4.44. The molecule has 1 amide bonds. The highest BCUT2D eigenvalue weighted by molar-refractivity contribution is 6.19. The molecule has 5 rings (SSSR count). The van der Waals surface area contributed by atoms with E-state index in [2.05, 4.69) is 4.98 Å². The van der Waals surface area contributed by atoms with Crippen LogP contribution in [0.1, 0.15) is 27.5 Å². The number of aromatic nitrogens is 1. The Hall–Kier alpha value is -3.02. The Morgan fingerprint density at radius 2 is 2.00 bits per heavy atom. The number of alkyl halides is 1. The number of fused-ring (bicyclic) bond motifs is 4. The van der Waals surface area contributed by atoms with Crippen molar-refractivity contribution >= 4 is 44.9 Å². The van der Waals surface area contributed by atoms with E-state index in [0.29, 0.717) is 24.7 Å². The molecule has 0 radical (unpaired) electrons. The minimum Gasteiger partial charge on any atom is -0.507 e. The number of anilines is 1. The maximum atomic E-state index is 13.4. The lowest BCUT2D eigenvalue weighted by Gasteiger charge is -2.17. The third kappa shape index (κ3) is 2.93. The van der Waals surface area contributed by atoms with Gasteiger partial charge in [-0.2, -0.15) is 0 Å². The van der Waals surface area contributed by atoms with E-state index >= 15 is 0 Å². The van der Waals surface area contributed by atoms with Gasteiger partial charge < -0.3 is 19.7 Å². The van der Waals surface area contributed by atoms with Crippen molar-refractivity contribution in [3.05, 3.63) is 71.4 Å². The van der Waals surface area contributed by atoms with Crippen LogP contribution >= 0.6 is 11.6 Å². The van der Waals surface area contributed by atoms with Crippen LogP contribution in [0.4, 0.5) is 5.69 Å². The molecule has 0 spiro atoms. The lowest BCUT2D eigenvalue weighted by atomic mass is 9.95. The number of halogens is 1. The van der Waals surface area contributed by atoms with Gasteiger partial charge in [-0.1, -0.05) is 30.3 Å². The van der Waals surface area contributed by atoms with E-state index in [0.717, 1.165) is 38.5 Å². The second-order valence-corrected chi connectivity index (χ2v) is 7.99. The highest BCUT2D eigenvalue weighted by Crippen LogP contribution is 2.45. The fourth-order valence-corrected chi connectivity index (χ4v) is 4.70. The van der Waals surface area contributed by atoms with E-state index in [4.69, 9.17) is 16.3 Å². The minimum absolute atomic E-state index is 0.00815. The fraction of sp³-hybridized carbons (Fsp3) is 0.208. The number of nitrogens with one attached hydrogen (secondary N) is 1. The molecule has 4 aromatic rings. The van der Waals surface area contributed by atoms with Crippen LogP contribution in [0.25, 0.3) is 21.7 Å². The van der Waals surface area contributed by atoms with Gasteiger partial charge in [-0.25, -0.2) is 0 Å². The minimum atomic E-state index is -0.136. The van der Waals surface area contributed by atoms with Crippen molar-refractivity contribution < 1.29 is 14.6 Å². The van der Waals surface area contributed by atoms with Crippen LogP contribution in [-0.4, -0.2) is 35.5 Å². The van der Waals surface area contributed by atoms with E-state index in [9.17, 15) is 9.90 Å². The normalized spacial score (nSPS) is 15.8. The molecule has 3 aromatic carbocycles. The Balaban J connectivity index is 1.59. The van der Waals surface area contributed by atoms with Gasteiger partial charge in [0.25, 0.3) is 5.91 Å². The summed E-state index contributed by atoms with van der Waals surface area (Å²) in [5.41, 5.74) is 4.19. The average molecular weight is 421 g/mol. The Morgan fingerprint density at radius 3 is 2.77 bits per heavy atom. The summed E-state index contributed by atoms with van der Waals surface area (Å²) < 4.78 is 5.20. The molecule has 5 nitrogen and oxygen atoms in total. The number of H-pyrrole nitrogens is 1. The van der Waals surface area contributed by atoms with Crippen LogP contribution in [0.5, 0.6) is 5.75 Å². The number of hydrogen-bond acceptors (Lipinski definition) is 3. The number of hydrogen-bond donors (Lipinski definition) is 2. The smallest absolute Gasteiger partial charge is 0.274 e. The van der Waals surface area contributed by atoms with Crippen LogP contribution in [0, 0.1) is 0 Å². The number of phenolic OH excluding ortho intramolecular Hbond substituents is 1. The second kappa shape index (κ2) is 7.35. The Labute approximate surface area is 178 Å². The third-order valence-corrected chi connectivity index (χ3v) is 6.18. The molecule has 6 heteroatoms. The van der Waals surface area contributed by atoms with E-state index in [1.165, 1.54) is 0 Å². The zero-order chi connectivity index (χ0) is 20.8. The number of rotatable bonds is 4. The summed E-state index contributed by atoms with van der Waals surface area (Å²) in [4.78, 5) is 18.4. The predicted molar refractivity (Wildman–Crippen MR) is 120 cm³/mol. The van der Waals surface area contributed by atoms with Crippen LogP contribution in [0.15, 0.2) is 54.6 Å².